The normalized spacial score (nSPS) is 18.1. The van der Waals surface area contributed by atoms with E-state index in [1.807, 2.05) is 18.2 Å². The Morgan fingerprint density at radius 3 is 2.21 bits per heavy atom. The van der Waals surface area contributed by atoms with E-state index in [9.17, 15) is 4.79 Å². The minimum absolute atomic E-state index is 0.173. The van der Waals surface area contributed by atoms with Gasteiger partial charge in [-0.15, -0.1) is 0 Å². The number of hydrogen-bond donors (Lipinski definition) is 0. The second-order valence-electron chi connectivity index (χ2n) is 3.99. The zero-order chi connectivity index (χ0) is 14.3. The van der Waals surface area contributed by atoms with E-state index < -0.39 is 6.04 Å². The van der Waals surface area contributed by atoms with Crippen LogP contribution < -0.4 is 0 Å². The summed E-state index contributed by atoms with van der Waals surface area (Å²) in [6.07, 6.45) is 1.13. The van der Waals surface area contributed by atoms with Gasteiger partial charge < -0.3 is 4.90 Å². The first kappa shape index (κ1) is 14.9. The van der Waals surface area contributed by atoms with Crippen molar-refractivity contribution in [1.29, 1.82) is 15.8 Å². The van der Waals surface area contributed by atoms with Crippen molar-refractivity contribution in [3.8, 4) is 18.2 Å². The first-order valence-corrected chi connectivity index (χ1v) is 6.31. The zero-order valence-corrected chi connectivity index (χ0v) is 11.2. The van der Waals surface area contributed by atoms with E-state index in [0.717, 1.165) is 0 Å². The summed E-state index contributed by atoms with van der Waals surface area (Å²) in [7, 11) is 0. The Kier molecular flexibility index (Phi) is 5.73. The van der Waals surface area contributed by atoms with Gasteiger partial charge in [0.1, 0.15) is 6.04 Å². The van der Waals surface area contributed by atoms with Gasteiger partial charge in [0.05, 0.1) is 31.0 Å². The van der Waals surface area contributed by atoms with Gasteiger partial charge in [-0.1, -0.05) is 0 Å². The van der Waals surface area contributed by atoms with Gasteiger partial charge in [0.25, 0.3) is 5.91 Å². The average Bonchev–Trinajstić information content (AvgIpc) is 2.63. The van der Waals surface area contributed by atoms with Crippen LogP contribution in [0.5, 0.6) is 0 Å². The molecule has 1 atom stereocenters. The van der Waals surface area contributed by atoms with E-state index in [4.69, 9.17) is 28.0 Å². The van der Waals surface area contributed by atoms with Crippen LogP contribution in [0.25, 0.3) is 0 Å². The molecule has 98 valence electrons. The van der Waals surface area contributed by atoms with Gasteiger partial charge in [-0.3, -0.25) is 9.69 Å². The van der Waals surface area contributed by atoms with Gasteiger partial charge in [-0.2, -0.15) is 15.8 Å². The molecule has 1 aliphatic heterocycles. The van der Waals surface area contributed by atoms with E-state index in [-0.39, 0.29) is 31.7 Å². The third-order valence-corrected chi connectivity index (χ3v) is 3.30. The number of hydrogen-bond acceptors (Lipinski definition) is 5. The van der Waals surface area contributed by atoms with Crippen molar-refractivity contribution in [2.45, 2.75) is 31.7 Å². The number of carbonyl (C=O) groups excluding carboxylic acids is 1. The van der Waals surface area contributed by atoms with Gasteiger partial charge in [-0.25, -0.2) is 0 Å². The van der Waals surface area contributed by atoms with Crippen molar-refractivity contribution in [1.82, 2.24) is 9.80 Å². The second-order valence-corrected chi connectivity index (χ2v) is 4.36. The Labute approximate surface area is 117 Å². The SMILES string of the molecule is N#CCCC1C(=O)N(CCC#N)C(=S)N1CCC#N. The average molecular weight is 275 g/mol. The van der Waals surface area contributed by atoms with Crippen LogP contribution in [0.4, 0.5) is 0 Å². The molecule has 0 bridgehead atoms. The monoisotopic (exact) mass is 275 g/mol. The number of nitrogens with zero attached hydrogens (tertiary/aromatic N) is 5. The van der Waals surface area contributed by atoms with Crippen LogP contribution in [0.15, 0.2) is 0 Å². The summed E-state index contributed by atoms with van der Waals surface area (Å²) in [6, 6.07) is 5.52. The highest BCUT2D eigenvalue weighted by molar-refractivity contribution is 7.80. The van der Waals surface area contributed by atoms with Crippen LogP contribution in [0.1, 0.15) is 25.7 Å². The van der Waals surface area contributed by atoms with Crippen LogP contribution in [-0.4, -0.2) is 40.0 Å². The third-order valence-electron chi connectivity index (χ3n) is 2.85. The third kappa shape index (κ3) is 3.40. The molecule has 0 aromatic rings. The Morgan fingerprint density at radius 1 is 1.05 bits per heavy atom. The largest absolute Gasteiger partial charge is 0.336 e. The molecular formula is C12H13N5OS. The standard InChI is InChI=1S/C12H13N5OS/c13-5-1-4-10-11(18)17(9-3-7-15)12(19)16(10)8-2-6-14/h10H,1-4,8-9H2. The summed E-state index contributed by atoms with van der Waals surface area (Å²) in [6.45, 7) is 0.639. The molecule has 1 unspecified atom stereocenters. The lowest BCUT2D eigenvalue weighted by atomic mass is 10.1. The maximum atomic E-state index is 12.2. The smallest absolute Gasteiger partial charge is 0.251 e. The molecule has 0 aromatic heterocycles. The molecule has 0 spiro atoms. The van der Waals surface area contributed by atoms with Gasteiger partial charge >= 0.3 is 0 Å². The van der Waals surface area contributed by atoms with Crippen LogP contribution >= 0.6 is 12.2 Å². The number of amides is 1. The lowest BCUT2D eigenvalue weighted by Gasteiger charge is -2.22. The lowest BCUT2D eigenvalue weighted by molar-refractivity contribution is -0.128. The van der Waals surface area contributed by atoms with Crippen molar-refractivity contribution in [3.63, 3.8) is 0 Å². The summed E-state index contributed by atoms with van der Waals surface area (Å²) in [5.41, 5.74) is 0. The number of rotatable bonds is 6. The second kappa shape index (κ2) is 7.31. The Hall–Kier alpha value is -2.17. The highest BCUT2D eigenvalue weighted by Crippen LogP contribution is 2.22. The molecule has 7 heteroatoms. The van der Waals surface area contributed by atoms with Crippen molar-refractivity contribution in [2.24, 2.45) is 0 Å². The molecule has 1 fully saturated rings. The van der Waals surface area contributed by atoms with Crippen LogP contribution in [0.2, 0.25) is 0 Å². The van der Waals surface area contributed by atoms with E-state index in [2.05, 4.69) is 0 Å². The molecule has 1 amide bonds. The van der Waals surface area contributed by atoms with Gasteiger partial charge in [0.15, 0.2) is 5.11 Å². The molecule has 0 aromatic carbocycles. The molecule has 0 radical (unpaired) electrons. The van der Waals surface area contributed by atoms with E-state index in [1.165, 1.54) is 4.90 Å². The molecule has 1 saturated heterocycles. The molecule has 0 N–H and O–H groups in total. The number of thiocarbonyl (C=S) groups is 1. The number of nitriles is 3. The van der Waals surface area contributed by atoms with E-state index in [1.54, 1.807) is 4.90 Å². The Morgan fingerprint density at radius 2 is 1.63 bits per heavy atom. The van der Waals surface area contributed by atoms with Gasteiger partial charge in [0, 0.05) is 19.5 Å². The van der Waals surface area contributed by atoms with Crippen molar-refractivity contribution in [2.75, 3.05) is 13.1 Å². The lowest BCUT2D eigenvalue weighted by Crippen LogP contribution is -2.35. The van der Waals surface area contributed by atoms with Crippen molar-refractivity contribution < 1.29 is 4.79 Å². The first-order valence-electron chi connectivity index (χ1n) is 5.90. The summed E-state index contributed by atoms with van der Waals surface area (Å²) in [5.74, 6) is -0.173. The topological polar surface area (TPSA) is 94.9 Å². The van der Waals surface area contributed by atoms with Gasteiger partial charge in [-0.05, 0) is 18.6 Å². The summed E-state index contributed by atoms with van der Waals surface area (Å²) in [4.78, 5) is 15.3. The quantitative estimate of drug-likeness (QED) is 0.669. The van der Waals surface area contributed by atoms with Crippen LogP contribution in [0.3, 0.4) is 0 Å². The molecule has 0 aliphatic carbocycles. The Balaban J connectivity index is 2.83. The predicted molar refractivity (Wildman–Crippen MR) is 70.1 cm³/mol. The molecule has 6 nitrogen and oxygen atoms in total. The molecule has 1 aliphatic rings. The highest BCUT2D eigenvalue weighted by atomic mass is 32.1. The predicted octanol–water partition coefficient (Wildman–Crippen LogP) is 0.915. The Bertz CT molecular complexity index is 448. The summed E-state index contributed by atoms with van der Waals surface area (Å²) < 4.78 is 0. The van der Waals surface area contributed by atoms with Crippen molar-refractivity contribution >= 4 is 23.2 Å². The minimum atomic E-state index is -0.473. The van der Waals surface area contributed by atoms with Crippen LogP contribution in [-0.2, 0) is 4.79 Å². The van der Waals surface area contributed by atoms with E-state index in [0.29, 0.717) is 18.1 Å². The zero-order valence-electron chi connectivity index (χ0n) is 10.4. The molecule has 0 saturated carbocycles. The molecule has 19 heavy (non-hydrogen) atoms. The van der Waals surface area contributed by atoms with Crippen LogP contribution in [0, 0.1) is 34.0 Å². The molecule has 1 rings (SSSR count). The first-order chi connectivity index (χ1) is 9.17. The van der Waals surface area contributed by atoms with Crippen molar-refractivity contribution in [3.05, 3.63) is 0 Å². The summed E-state index contributed by atoms with van der Waals surface area (Å²) >= 11 is 5.22. The minimum Gasteiger partial charge on any atom is -0.336 e. The van der Waals surface area contributed by atoms with Gasteiger partial charge in [0.2, 0.25) is 0 Å². The fraction of sp³-hybridized carbons (Fsp3) is 0.583. The number of carbonyl (C=O) groups is 1. The maximum Gasteiger partial charge on any atom is 0.251 e. The summed E-state index contributed by atoms with van der Waals surface area (Å²) in [5, 5.41) is 26.2. The maximum absolute atomic E-state index is 12.2. The fourth-order valence-corrected chi connectivity index (χ4v) is 2.37. The van der Waals surface area contributed by atoms with E-state index >= 15 is 0 Å². The molecular weight excluding hydrogens is 262 g/mol. The fourth-order valence-electron chi connectivity index (χ4n) is 1.97. The molecule has 1 heterocycles. The highest BCUT2D eigenvalue weighted by Gasteiger charge is 2.41.